The van der Waals surface area contributed by atoms with Gasteiger partial charge in [0.15, 0.2) is 0 Å². The van der Waals surface area contributed by atoms with Crippen LogP contribution in [0.5, 0.6) is 0 Å². The minimum absolute atomic E-state index is 0.852. The van der Waals surface area contributed by atoms with Gasteiger partial charge in [0, 0.05) is 24.5 Å². The van der Waals surface area contributed by atoms with Gasteiger partial charge < -0.3 is 10.2 Å². The molecule has 0 spiro atoms. The van der Waals surface area contributed by atoms with Crippen LogP contribution in [0.2, 0.25) is 0 Å². The van der Waals surface area contributed by atoms with Crippen LogP contribution in [0, 0.1) is 13.8 Å². The monoisotopic (exact) mass is 283 g/mol. The second kappa shape index (κ2) is 7.23. The van der Waals surface area contributed by atoms with Gasteiger partial charge in [-0.3, -0.25) is 4.98 Å². The van der Waals surface area contributed by atoms with Crippen molar-refractivity contribution in [1.29, 1.82) is 0 Å². The van der Waals surface area contributed by atoms with Gasteiger partial charge in [-0.1, -0.05) is 18.2 Å². The summed E-state index contributed by atoms with van der Waals surface area (Å²) in [5.74, 6) is 0. The van der Waals surface area contributed by atoms with Crippen molar-refractivity contribution in [2.24, 2.45) is 0 Å². The fourth-order valence-corrected chi connectivity index (χ4v) is 2.64. The first-order chi connectivity index (χ1) is 10.1. The molecule has 2 rings (SSSR count). The Balaban J connectivity index is 2.21. The van der Waals surface area contributed by atoms with Crippen LogP contribution in [-0.2, 0) is 13.1 Å². The molecule has 0 amide bonds. The summed E-state index contributed by atoms with van der Waals surface area (Å²) in [7, 11) is 1.98. The first-order valence-corrected chi connectivity index (χ1v) is 7.55. The van der Waals surface area contributed by atoms with Crippen LogP contribution in [0.4, 0.5) is 5.69 Å². The molecule has 3 heteroatoms. The summed E-state index contributed by atoms with van der Waals surface area (Å²) in [6, 6.07) is 12.9. The number of hydrogen-bond donors (Lipinski definition) is 1. The molecule has 0 aliphatic rings. The van der Waals surface area contributed by atoms with E-state index in [9.17, 15) is 0 Å². The molecule has 0 fully saturated rings. The molecule has 1 N–H and O–H groups in total. The van der Waals surface area contributed by atoms with Crippen LogP contribution in [0.3, 0.4) is 0 Å². The number of anilines is 1. The third kappa shape index (κ3) is 4.05. The molecule has 0 saturated heterocycles. The van der Waals surface area contributed by atoms with E-state index in [1.165, 1.54) is 16.8 Å². The highest BCUT2D eigenvalue weighted by molar-refractivity contribution is 5.54. The van der Waals surface area contributed by atoms with Gasteiger partial charge in [0.1, 0.15) is 0 Å². The molecule has 0 bridgehead atoms. The lowest BCUT2D eigenvalue weighted by atomic mass is 10.1. The van der Waals surface area contributed by atoms with E-state index in [1.807, 2.05) is 20.0 Å². The Hall–Kier alpha value is -1.87. The first kappa shape index (κ1) is 15.5. The predicted octanol–water partition coefficient (Wildman–Crippen LogP) is 3.44. The highest BCUT2D eigenvalue weighted by atomic mass is 15.1. The Morgan fingerprint density at radius 1 is 1.14 bits per heavy atom. The van der Waals surface area contributed by atoms with E-state index >= 15 is 0 Å². The van der Waals surface area contributed by atoms with E-state index < -0.39 is 0 Å². The summed E-state index contributed by atoms with van der Waals surface area (Å²) in [6.45, 7) is 9.15. The van der Waals surface area contributed by atoms with Crippen molar-refractivity contribution < 1.29 is 0 Å². The Kier molecular flexibility index (Phi) is 5.34. The lowest BCUT2D eigenvalue weighted by molar-refractivity contribution is 0.796. The van der Waals surface area contributed by atoms with E-state index in [0.29, 0.717) is 0 Å². The number of aromatic nitrogens is 1. The van der Waals surface area contributed by atoms with Gasteiger partial charge in [0.05, 0.1) is 12.2 Å². The average Bonchev–Trinajstić information content (AvgIpc) is 2.46. The fourth-order valence-electron chi connectivity index (χ4n) is 2.64. The van der Waals surface area contributed by atoms with E-state index in [2.05, 4.69) is 59.4 Å². The summed E-state index contributed by atoms with van der Waals surface area (Å²) in [5.41, 5.74) is 6.13. The maximum absolute atomic E-state index is 4.61. The molecule has 0 aliphatic carbocycles. The average molecular weight is 283 g/mol. The number of aryl methyl sites for hydroxylation is 2. The van der Waals surface area contributed by atoms with Crippen molar-refractivity contribution in [3.63, 3.8) is 0 Å². The number of benzene rings is 1. The van der Waals surface area contributed by atoms with E-state index in [1.54, 1.807) is 0 Å². The second-order valence-corrected chi connectivity index (χ2v) is 5.44. The third-order valence-corrected chi connectivity index (χ3v) is 3.66. The maximum atomic E-state index is 4.61. The van der Waals surface area contributed by atoms with Crippen LogP contribution in [0.25, 0.3) is 0 Å². The molecule has 0 atom stereocenters. The Labute approximate surface area is 128 Å². The molecule has 0 saturated carbocycles. The molecule has 1 heterocycles. The summed E-state index contributed by atoms with van der Waals surface area (Å²) >= 11 is 0. The van der Waals surface area contributed by atoms with Crippen LogP contribution < -0.4 is 10.2 Å². The molecule has 2 aromatic rings. The molecule has 21 heavy (non-hydrogen) atoms. The molecule has 112 valence electrons. The van der Waals surface area contributed by atoms with Gasteiger partial charge in [-0.2, -0.15) is 0 Å². The van der Waals surface area contributed by atoms with Gasteiger partial charge in [-0.05, 0) is 57.1 Å². The standard InChI is InChI=1S/C18H25N3/c1-5-21(13-17-8-6-7-15(3)20-17)18-10-9-16(12-19-4)11-14(18)2/h6-11,19H,5,12-13H2,1-4H3. The number of nitrogens with zero attached hydrogens (tertiary/aromatic N) is 2. The van der Waals surface area contributed by atoms with Crippen molar-refractivity contribution in [1.82, 2.24) is 10.3 Å². The second-order valence-electron chi connectivity index (χ2n) is 5.44. The van der Waals surface area contributed by atoms with Gasteiger partial charge >= 0.3 is 0 Å². The van der Waals surface area contributed by atoms with Gasteiger partial charge in [0.2, 0.25) is 0 Å². The summed E-state index contributed by atoms with van der Waals surface area (Å²) in [5, 5.41) is 3.20. The quantitative estimate of drug-likeness (QED) is 0.880. The van der Waals surface area contributed by atoms with Crippen molar-refractivity contribution in [2.75, 3.05) is 18.5 Å². The SMILES string of the molecule is CCN(Cc1cccc(C)n1)c1ccc(CNC)cc1C. The molecule has 1 aromatic heterocycles. The Morgan fingerprint density at radius 2 is 1.95 bits per heavy atom. The minimum Gasteiger partial charge on any atom is -0.366 e. The Bertz CT molecular complexity index is 593. The number of hydrogen-bond acceptors (Lipinski definition) is 3. The normalized spacial score (nSPS) is 10.7. The molecule has 3 nitrogen and oxygen atoms in total. The summed E-state index contributed by atoms with van der Waals surface area (Å²) < 4.78 is 0. The van der Waals surface area contributed by atoms with Crippen LogP contribution >= 0.6 is 0 Å². The van der Waals surface area contributed by atoms with E-state index in [0.717, 1.165) is 31.0 Å². The first-order valence-electron chi connectivity index (χ1n) is 7.55. The van der Waals surface area contributed by atoms with Crippen molar-refractivity contribution in [3.05, 3.63) is 58.9 Å². The Morgan fingerprint density at radius 3 is 2.57 bits per heavy atom. The highest BCUT2D eigenvalue weighted by Crippen LogP contribution is 2.23. The molecular formula is C18H25N3. The van der Waals surface area contributed by atoms with E-state index in [4.69, 9.17) is 0 Å². The maximum Gasteiger partial charge on any atom is 0.0602 e. The lowest BCUT2D eigenvalue weighted by Gasteiger charge is -2.25. The molecule has 0 unspecified atom stereocenters. The van der Waals surface area contributed by atoms with Crippen molar-refractivity contribution in [2.45, 2.75) is 33.9 Å². The van der Waals surface area contributed by atoms with E-state index in [-0.39, 0.29) is 0 Å². The largest absolute Gasteiger partial charge is 0.366 e. The van der Waals surface area contributed by atoms with Crippen LogP contribution in [-0.4, -0.2) is 18.6 Å². The van der Waals surface area contributed by atoms with Crippen molar-refractivity contribution in [3.8, 4) is 0 Å². The zero-order valence-corrected chi connectivity index (χ0v) is 13.5. The molecular weight excluding hydrogens is 258 g/mol. The zero-order valence-electron chi connectivity index (χ0n) is 13.5. The topological polar surface area (TPSA) is 28.2 Å². The zero-order chi connectivity index (χ0) is 15.2. The molecule has 0 aliphatic heterocycles. The summed E-state index contributed by atoms with van der Waals surface area (Å²) in [6.07, 6.45) is 0. The molecule has 0 radical (unpaired) electrons. The molecule has 1 aromatic carbocycles. The minimum atomic E-state index is 0.852. The van der Waals surface area contributed by atoms with Crippen molar-refractivity contribution >= 4 is 5.69 Å². The smallest absolute Gasteiger partial charge is 0.0602 e. The predicted molar refractivity (Wildman–Crippen MR) is 89.6 cm³/mol. The highest BCUT2D eigenvalue weighted by Gasteiger charge is 2.09. The number of nitrogens with one attached hydrogen (secondary N) is 1. The number of rotatable bonds is 6. The van der Waals surface area contributed by atoms with Gasteiger partial charge in [-0.15, -0.1) is 0 Å². The summed E-state index contributed by atoms with van der Waals surface area (Å²) in [4.78, 5) is 6.99. The van der Waals surface area contributed by atoms with Crippen LogP contribution in [0.1, 0.15) is 29.4 Å². The van der Waals surface area contributed by atoms with Crippen LogP contribution in [0.15, 0.2) is 36.4 Å². The van der Waals surface area contributed by atoms with Gasteiger partial charge in [0.25, 0.3) is 0 Å². The lowest BCUT2D eigenvalue weighted by Crippen LogP contribution is -2.23. The third-order valence-electron chi connectivity index (χ3n) is 3.66. The van der Waals surface area contributed by atoms with Gasteiger partial charge in [-0.25, -0.2) is 0 Å². The fraction of sp³-hybridized carbons (Fsp3) is 0.389. The number of pyridine rings is 1.